The van der Waals surface area contributed by atoms with Gasteiger partial charge in [-0.15, -0.1) is 0 Å². The van der Waals surface area contributed by atoms with E-state index in [1.807, 2.05) is 30.3 Å². The Morgan fingerprint density at radius 1 is 1.15 bits per heavy atom. The molecule has 0 aliphatic carbocycles. The zero-order valence-electron chi connectivity index (χ0n) is 15.4. The van der Waals surface area contributed by atoms with Gasteiger partial charge in [-0.25, -0.2) is 0 Å². The SMILES string of the molecule is COc1ccc(C(=O)NC(C(=O)NCC2CCCN2)c2ccccc2)cc1. The highest BCUT2D eigenvalue weighted by molar-refractivity contribution is 5.98. The highest BCUT2D eigenvalue weighted by atomic mass is 16.5. The molecule has 0 bridgehead atoms. The van der Waals surface area contributed by atoms with Crippen molar-refractivity contribution in [2.45, 2.75) is 24.9 Å². The Labute approximate surface area is 159 Å². The summed E-state index contributed by atoms with van der Waals surface area (Å²) in [6.45, 7) is 1.54. The van der Waals surface area contributed by atoms with E-state index in [-0.39, 0.29) is 11.8 Å². The number of amides is 2. The smallest absolute Gasteiger partial charge is 0.252 e. The van der Waals surface area contributed by atoms with E-state index >= 15 is 0 Å². The van der Waals surface area contributed by atoms with Gasteiger partial charge in [0.05, 0.1) is 7.11 Å². The Kier molecular flexibility index (Phi) is 6.44. The van der Waals surface area contributed by atoms with Crippen LogP contribution in [0, 0.1) is 0 Å². The van der Waals surface area contributed by atoms with Gasteiger partial charge in [0.25, 0.3) is 5.91 Å². The van der Waals surface area contributed by atoms with Gasteiger partial charge in [-0.2, -0.15) is 0 Å². The minimum Gasteiger partial charge on any atom is -0.497 e. The second-order valence-electron chi connectivity index (χ2n) is 6.58. The quantitative estimate of drug-likeness (QED) is 0.700. The molecule has 2 amide bonds. The summed E-state index contributed by atoms with van der Waals surface area (Å²) in [5.74, 6) is 0.158. The number of nitrogens with one attached hydrogen (secondary N) is 3. The van der Waals surface area contributed by atoms with Crippen molar-refractivity contribution < 1.29 is 14.3 Å². The molecule has 0 spiro atoms. The maximum atomic E-state index is 12.8. The van der Waals surface area contributed by atoms with E-state index in [0.29, 0.717) is 23.9 Å². The molecule has 1 aliphatic heterocycles. The highest BCUT2D eigenvalue weighted by Crippen LogP contribution is 2.16. The predicted molar refractivity (Wildman–Crippen MR) is 104 cm³/mol. The van der Waals surface area contributed by atoms with Gasteiger partial charge in [-0.3, -0.25) is 9.59 Å². The second kappa shape index (κ2) is 9.19. The lowest BCUT2D eigenvalue weighted by molar-refractivity contribution is -0.123. The first-order valence-electron chi connectivity index (χ1n) is 9.18. The third kappa shape index (κ3) is 5.08. The molecule has 6 heteroatoms. The number of benzene rings is 2. The maximum absolute atomic E-state index is 12.8. The van der Waals surface area contributed by atoms with E-state index in [9.17, 15) is 9.59 Å². The topological polar surface area (TPSA) is 79.5 Å². The van der Waals surface area contributed by atoms with Crippen LogP contribution in [0.4, 0.5) is 0 Å². The largest absolute Gasteiger partial charge is 0.497 e. The molecule has 27 heavy (non-hydrogen) atoms. The van der Waals surface area contributed by atoms with Gasteiger partial charge in [-0.1, -0.05) is 30.3 Å². The van der Waals surface area contributed by atoms with Crippen LogP contribution < -0.4 is 20.7 Å². The van der Waals surface area contributed by atoms with Crippen molar-refractivity contribution in [1.82, 2.24) is 16.0 Å². The van der Waals surface area contributed by atoms with Crippen molar-refractivity contribution in [1.29, 1.82) is 0 Å². The molecule has 1 saturated heterocycles. The molecule has 1 heterocycles. The molecule has 2 unspecified atom stereocenters. The van der Waals surface area contributed by atoms with Gasteiger partial charge in [0, 0.05) is 18.2 Å². The van der Waals surface area contributed by atoms with Crippen molar-refractivity contribution in [2.75, 3.05) is 20.2 Å². The number of ether oxygens (including phenoxy) is 1. The minimum absolute atomic E-state index is 0.211. The molecule has 6 nitrogen and oxygen atoms in total. The highest BCUT2D eigenvalue weighted by Gasteiger charge is 2.24. The first kappa shape index (κ1) is 18.9. The molecule has 1 aliphatic rings. The van der Waals surface area contributed by atoms with E-state index in [4.69, 9.17) is 4.74 Å². The Balaban J connectivity index is 1.70. The lowest BCUT2D eigenvalue weighted by atomic mass is 10.0. The van der Waals surface area contributed by atoms with E-state index in [2.05, 4.69) is 16.0 Å². The van der Waals surface area contributed by atoms with Crippen LogP contribution in [0.15, 0.2) is 54.6 Å². The Bertz CT molecular complexity index is 756. The van der Waals surface area contributed by atoms with Crippen molar-refractivity contribution >= 4 is 11.8 Å². The molecule has 3 N–H and O–H groups in total. The summed E-state index contributed by atoms with van der Waals surface area (Å²) in [5.41, 5.74) is 1.22. The van der Waals surface area contributed by atoms with Crippen LogP contribution in [-0.4, -0.2) is 38.1 Å². The molecule has 142 valence electrons. The second-order valence-corrected chi connectivity index (χ2v) is 6.58. The normalized spacial score (nSPS) is 17.1. The first-order chi connectivity index (χ1) is 13.2. The van der Waals surface area contributed by atoms with Crippen LogP contribution in [0.2, 0.25) is 0 Å². The lowest BCUT2D eigenvalue weighted by Gasteiger charge is -2.20. The lowest BCUT2D eigenvalue weighted by Crippen LogP contribution is -2.44. The maximum Gasteiger partial charge on any atom is 0.252 e. The van der Waals surface area contributed by atoms with Crippen LogP contribution in [0.1, 0.15) is 34.8 Å². The standard InChI is InChI=1S/C21H25N3O3/c1-27-18-11-9-16(10-12-18)20(25)24-19(15-6-3-2-4-7-15)21(26)23-14-17-8-5-13-22-17/h2-4,6-7,9-12,17,19,22H,5,8,13-14H2,1H3,(H,23,26)(H,24,25). The van der Waals surface area contributed by atoms with Crippen LogP contribution in [0.3, 0.4) is 0 Å². The van der Waals surface area contributed by atoms with E-state index < -0.39 is 6.04 Å². The summed E-state index contributed by atoms with van der Waals surface area (Å²) in [6, 6.07) is 15.6. The minimum atomic E-state index is -0.748. The fourth-order valence-corrected chi connectivity index (χ4v) is 3.16. The average molecular weight is 367 g/mol. The van der Waals surface area contributed by atoms with Gasteiger partial charge in [0.1, 0.15) is 11.8 Å². The zero-order valence-corrected chi connectivity index (χ0v) is 15.4. The molecule has 0 saturated carbocycles. The molecule has 0 radical (unpaired) electrons. The summed E-state index contributed by atoms with van der Waals surface area (Å²) in [4.78, 5) is 25.4. The molecule has 2 aromatic carbocycles. The van der Waals surface area contributed by atoms with Crippen LogP contribution in [0.5, 0.6) is 5.75 Å². The van der Waals surface area contributed by atoms with Crippen molar-refractivity contribution in [2.24, 2.45) is 0 Å². The fourth-order valence-electron chi connectivity index (χ4n) is 3.16. The van der Waals surface area contributed by atoms with Gasteiger partial charge in [0.15, 0.2) is 0 Å². The van der Waals surface area contributed by atoms with Gasteiger partial charge in [-0.05, 0) is 49.2 Å². The number of carbonyl (C=O) groups excluding carboxylic acids is 2. The average Bonchev–Trinajstić information content (AvgIpc) is 3.24. The third-order valence-electron chi connectivity index (χ3n) is 4.71. The summed E-state index contributed by atoms with van der Waals surface area (Å²) < 4.78 is 5.12. The van der Waals surface area contributed by atoms with Crippen molar-refractivity contribution in [3.8, 4) is 5.75 Å². The van der Waals surface area contributed by atoms with E-state index in [1.54, 1.807) is 31.4 Å². The Hall–Kier alpha value is -2.86. The first-order valence-corrected chi connectivity index (χ1v) is 9.18. The molecule has 3 rings (SSSR count). The van der Waals surface area contributed by atoms with Crippen molar-refractivity contribution in [3.63, 3.8) is 0 Å². The summed E-state index contributed by atoms with van der Waals surface area (Å²) in [6.07, 6.45) is 2.17. The number of hydrogen-bond acceptors (Lipinski definition) is 4. The van der Waals surface area contributed by atoms with Crippen LogP contribution >= 0.6 is 0 Å². The van der Waals surface area contributed by atoms with Gasteiger partial charge >= 0.3 is 0 Å². The third-order valence-corrected chi connectivity index (χ3v) is 4.71. The summed E-state index contributed by atoms with van der Waals surface area (Å²) >= 11 is 0. The zero-order chi connectivity index (χ0) is 19.1. The predicted octanol–water partition coefficient (Wildman–Crippen LogP) is 2.03. The van der Waals surface area contributed by atoms with Gasteiger partial charge < -0.3 is 20.7 Å². The molecular formula is C21H25N3O3. The Morgan fingerprint density at radius 2 is 1.89 bits per heavy atom. The number of methoxy groups -OCH3 is 1. The molecular weight excluding hydrogens is 342 g/mol. The van der Waals surface area contributed by atoms with E-state index in [1.165, 1.54) is 0 Å². The molecule has 2 atom stereocenters. The van der Waals surface area contributed by atoms with Crippen molar-refractivity contribution in [3.05, 3.63) is 65.7 Å². The number of hydrogen-bond donors (Lipinski definition) is 3. The van der Waals surface area contributed by atoms with E-state index in [0.717, 1.165) is 24.9 Å². The Morgan fingerprint density at radius 3 is 2.52 bits per heavy atom. The number of carbonyl (C=O) groups is 2. The molecule has 2 aromatic rings. The summed E-state index contributed by atoms with van der Waals surface area (Å²) in [5, 5.41) is 9.17. The van der Waals surface area contributed by atoms with Gasteiger partial charge in [0.2, 0.25) is 5.91 Å². The molecule has 0 aromatic heterocycles. The van der Waals surface area contributed by atoms with Crippen LogP contribution in [0.25, 0.3) is 0 Å². The molecule has 1 fully saturated rings. The fraction of sp³-hybridized carbons (Fsp3) is 0.333. The summed E-state index contributed by atoms with van der Waals surface area (Å²) in [7, 11) is 1.57. The monoisotopic (exact) mass is 367 g/mol. The number of rotatable bonds is 7. The van der Waals surface area contributed by atoms with Crippen LogP contribution in [-0.2, 0) is 4.79 Å².